The van der Waals surface area contributed by atoms with Gasteiger partial charge in [0.1, 0.15) is 0 Å². The number of hydrogen-bond acceptors (Lipinski definition) is 0. The zero-order valence-electron chi connectivity index (χ0n) is 15.9. The molecule has 0 aliphatic rings. The van der Waals surface area contributed by atoms with Crippen molar-refractivity contribution in [3.63, 3.8) is 0 Å². The number of halogens is 1. The molecule has 7 heteroatoms. The van der Waals surface area contributed by atoms with Gasteiger partial charge in [-0.2, -0.15) is 0 Å². The summed E-state index contributed by atoms with van der Waals surface area (Å²) in [5, 5.41) is 0. The molecular formula is C21H19BrMnN2O3. The second-order valence-electron chi connectivity index (χ2n) is 4.70. The van der Waals surface area contributed by atoms with Gasteiger partial charge in [0, 0.05) is 17.1 Å². The number of benzene rings is 2. The van der Waals surface area contributed by atoms with Gasteiger partial charge in [-0.05, 0) is 49.9 Å². The van der Waals surface area contributed by atoms with Crippen LogP contribution >= 0.6 is 17.0 Å². The van der Waals surface area contributed by atoms with Gasteiger partial charge in [-0.3, -0.25) is 0 Å². The molecule has 0 atom stereocenters. The molecule has 0 bridgehead atoms. The topological polar surface area (TPSA) is 68.4 Å². The standard InChI is InChI=1S/2C9H9N.3CO.BrH.Mn/c2*1-7-5-4-6-8(2)9(7)10-3;3*1-2;;/h2*4-6H,1-2H3;;;;1H;. The van der Waals surface area contributed by atoms with Gasteiger partial charge in [0.15, 0.2) is 11.4 Å². The van der Waals surface area contributed by atoms with E-state index in [1.165, 1.54) is 0 Å². The summed E-state index contributed by atoms with van der Waals surface area (Å²) < 4.78 is 22.5. The van der Waals surface area contributed by atoms with Gasteiger partial charge >= 0.3 is 33.9 Å². The molecule has 0 unspecified atom stereocenters. The Kier molecular flexibility index (Phi) is 32.2. The van der Waals surface area contributed by atoms with E-state index in [0.717, 1.165) is 33.6 Å². The first kappa shape index (κ1) is 36.5. The third-order valence-corrected chi connectivity index (χ3v) is 3.10. The number of nitrogens with zero attached hydrogens (tertiary/aromatic N) is 2. The Labute approximate surface area is 188 Å². The summed E-state index contributed by atoms with van der Waals surface area (Å²) in [6.07, 6.45) is 0. The van der Waals surface area contributed by atoms with Crippen molar-refractivity contribution in [2.45, 2.75) is 27.7 Å². The fourth-order valence-corrected chi connectivity index (χ4v) is 1.96. The van der Waals surface area contributed by atoms with Gasteiger partial charge in [-0.15, -0.1) is 17.0 Å². The summed E-state index contributed by atoms with van der Waals surface area (Å²) in [6, 6.07) is 11.8. The molecule has 5 nitrogen and oxygen atoms in total. The maximum absolute atomic E-state index is 7.50. The van der Waals surface area contributed by atoms with Crippen molar-refractivity contribution >= 4 is 28.4 Å². The van der Waals surface area contributed by atoms with Crippen molar-refractivity contribution in [1.29, 1.82) is 0 Å². The van der Waals surface area contributed by atoms with Crippen LogP contribution in [0.25, 0.3) is 9.69 Å². The fraction of sp³-hybridized carbons (Fsp3) is 0.190. The summed E-state index contributed by atoms with van der Waals surface area (Å²) in [5.74, 6) is 0. The first-order chi connectivity index (χ1) is 12.5. The van der Waals surface area contributed by atoms with Crippen LogP contribution in [0.1, 0.15) is 22.3 Å². The Bertz CT molecular complexity index is 716. The molecule has 145 valence electrons. The monoisotopic (exact) mass is 481 g/mol. The molecule has 2 aromatic rings. The Morgan fingerprint density at radius 1 is 0.571 bits per heavy atom. The second-order valence-corrected chi connectivity index (χ2v) is 4.70. The van der Waals surface area contributed by atoms with E-state index in [4.69, 9.17) is 27.1 Å². The van der Waals surface area contributed by atoms with Crippen molar-refractivity contribution in [1.82, 2.24) is 0 Å². The Morgan fingerprint density at radius 2 is 0.750 bits per heavy atom. The normalized spacial score (nSPS) is 6.57. The molecule has 0 N–H and O–H groups in total. The van der Waals surface area contributed by atoms with E-state index in [0.29, 0.717) is 0 Å². The Balaban J connectivity index is -0.0000000940. The molecule has 0 saturated carbocycles. The minimum Gasteiger partial charge on any atom is 0 e. The van der Waals surface area contributed by atoms with E-state index in [1.54, 1.807) is 0 Å². The van der Waals surface area contributed by atoms with Crippen LogP contribution in [-0.4, -0.2) is 0 Å². The van der Waals surface area contributed by atoms with Gasteiger partial charge in [-0.25, -0.2) is 9.69 Å². The molecule has 1 radical (unpaired) electrons. The van der Waals surface area contributed by atoms with E-state index in [9.17, 15) is 0 Å². The van der Waals surface area contributed by atoms with E-state index >= 15 is 0 Å². The minimum absolute atomic E-state index is 0. The molecule has 0 aliphatic heterocycles. The quantitative estimate of drug-likeness (QED) is 0.245. The van der Waals surface area contributed by atoms with E-state index in [-0.39, 0.29) is 34.1 Å². The maximum Gasteiger partial charge on any atom is 0 e. The number of aryl methyl sites for hydroxylation is 4. The van der Waals surface area contributed by atoms with Gasteiger partial charge < -0.3 is 0 Å². The molecule has 2 aromatic carbocycles. The molecule has 0 aromatic heterocycles. The molecule has 2 rings (SSSR count). The zero-order chi connectivity index (χ0) is 21.1. The summed E-state index contributed by atoms with van der Waals surface area (Å²) in [6.45, 7) is 35.0. The third kappa shape index (κ3) is 13.8. The molecule has 0 spiro atoms. The van der Waals surface area contributed by atoms with Crippen LogP contribution in [-0.2, 0) is 31.0 Å². The van der Waals surface area contributed by atoms with Crippen LogP contribution in [0.4, 0.5) is 11.4 Å². The first-order valence-electron chi connectivity index (χ1n) is 6.99. The van der Waals surface area contributed by atoms with Crippen LogP contribution in [0, 0.1) is 60.8 Å². The predicted molar refractivity (Wildman–Crippen MR) is 106 cm³/mol. The maximum atomic E-state index is 7.50. The summed E-state index contributed by atoms with van der Waals surface area (Å²) in [4.78, 5) is 6.84. The summed E-state index contributed by atoms with van der Waals surface area (Å²) in [5.41, 5.74) is 5.85. The van der Waals surface area contributed by atoms with Gasteiger partial charge in [-0.1, -0.05) is 36.4 Å². The first-order valence-corrected chi connectivity index (χ1v) is 6.99. The number of hydrogen-bond donors (Lipinski definition) is 0. The van der Waals surface area contributed by atoms with E-state index in [2.05, 4.69) is 29.6 Å². The Morgan fingerprint density at radius 3 is 0.857 bits per heavy atom. The van der Waals surface area contributed by atoms with Gasteiger partial charge in [0.2, 0.25) is 0 Å². The fourth-order valence-electron chi connectivity index (χ4n) is 1.96. The molecule has 0 aliphatic carbocycles. The van der Waals surface area contributed by atoms with Gasteiger partial charge in [0.05, 0.1) is 13.1 Å². The molecule has 0 heterocycles. The van der Waals surface area contributed by atoms with Crippen LogP contribution in [0.2, 0.25) is 0 Å². The molecule has 28 heavy (non-hydrogen) atoms. The van der Waals surface area contributed by atoms with Crippen LogP contribution in [0.5, 0.6) is 0 Å². The van der Waals surface area contributed by atoms with Crippen LogP contribution in [0.15, 0.2) is 36.4 Å². The summed E-state index contributed by atoms with van der Waals surface area (Å²) in [7, 11) is 0. The predicted octanol–water partition coefficient (Wildman–Crippen LogP) is 6.17. The Hall–Kier alpha value is -2.36. The van der Waals surface area contributed by atoms with E-state index < -0.39 is 0 Å². The third-order valence-electron chi connectivity index (χ3n) is 3.10. The van der Waals surface area contributed by atoms with Crippen molar-refractivity contribution in [3.8, 4) is 0 Å². The largest absolute Gasteiger partial charge is 0 e. The van der Waals surface area contributed by atoms with Crippen molar-refractivity contribution < 1.29 is 31.0 Å². The van der Waals surface area contributed by atoms with Crippen molar-refractivity contribution in [2.75, 3.05) is 0 Å². The van der Waals surface area contributed by atoms with Crippen molar-refractivity contribution in [2.24, 2.45) is 0 Å². The van der Waals surface area contributed by atoms with Crippen LogP contribution < -0.4 is 0 Å². The number of para-hydroxylation sites is 2. The summed E-state index contributed by atoms with van der Waals surface area (Å²) >= 11 is 0. The average molecular weight is 482 g/mol. The number of rotatable bonds is 0. The zero-order valence-corrected chi connectivity index (χ0v) is 18.8. The molecule has 0 amide bonds. The van der Waals surface area contributed by atoms with E-state index in [1.807, 2.05) is 64.1 Å². The van der Waals surface area contributed by atoms with Crippen LogP contribution in [0.3, 0.4) is 0 Å². The molecule has 0 fully saturated rings. The van der Waals surface area contributed by atoms with Crippen molar-refractivity contribution in [3.05, 3.63) is 101 Å². The SMILES string of the molecule is Br.[C-]#[N+]c1c(C)cccc1C.[C-]#[N+]c1c(C)cccc1C.[C-]#[O+].[C-]#[O+].[C-]#[O+].[Mn]. The van der Waals surface area contributed by atoms with Gasteiger partial charge in [0.25, 0.3) is 0 Å². The smallest absolute Gasteiger partial charge is 0 e. The second kappa shape index (κ2) is 24.6. The molecular weight excluding hydrogens is 463 g/mol. The molecule has 0 saturated heterocycles. The minimum atomic E-state index is 0. The average Bonchev–Trinajstić information content (AvgIpc) is 2.68.